The molecular formula is C15H22O2. The van der Waals surface area contributed by atoms with Crippen molar-refractivity contribution >= 4 is 5.97 Å². The van der Waals surface area contributed by atoms with E-state index >= 15 is 0 Å². The van der Waals surface area contributed by atoms with E-state index in [2.05, 4.69) is 31.2 Å². The van der Waals surface area contributed by atoms with Crippen molar-refractivity contribution in [2.24, 2.45) is 11.8 Å². The molecule has 0 radical (unpaired) electrons. The molecule has 2 rings (SSSR count). The fraction of sp³-hybridized carbons (Fsp3) is 0.533. The van der Waals surface area contributed by atoms with Crippen molar-refractivity contribution in [3.63, 3.8) is 0 Å². The van der Waals surface area contributed by atoms with Crippen molar-refractivity contribution in [1.82, 2.24) is 0 Å². The zero-order chi connectivity index (χ0) is 12.7. The first kappa shape index (κ1) is 13.8. The molecule has 1 aromatic rings. The zero-order valence-corrected chi connectivity index (χ0v) is 10.7. The fourth-order valence-electron chi connectivity index (χ4n) is 1.86. The van der Waals surface area contributed by atoms with Gasteiger partial charge < -0.3 is 5.11 Å². The molecule has 0 aliphatic heterocycles. The van der Waals surface area contributed by atoms with Crippen molar-refractivity contribution in [3.05, 3.63) is 35.9 Å². The maximum Gasteiger partial charge on any atom is 0.306 e. The molecule has 1 aliphatic rings. The Hall–Kier alpha value is -1.31. The Labute approximate surface area is 104 Å². The van der Waals surface area contributed by atoms with Gasteiger partial charge in [0.05, 0.1) is 5.92 Å². The Kier molecular flexibility index (Phi) is 5.75. The van der Waals surface area contributed by atoms with E-state index in [9.17, 15) is 4.79 Å². The summed E-state index contributed by atoms with van der Waals surface area (Å²) in [6.07, 6.45) is 4.60. The van der Waals surface area contributed by atoms with Gasteiger partial charge in [0, 0.05) is 0 Å². The summed E-state index contributed by atoms with van der Waals surface area (Å²) >= 11 is 0. The predicted octanol–water partition coefficient (Wildman–Crippen LogP) is 3.76. The summed E-state index contributed by atoms with van der Waals surface area (Å²) in [5.41, 5.74) is 1.41. The molecule has 1 N–H and O–H groups in total. The number of aliphatic carboxylic acids is 1. The molecule has 0 bridgehead atoms. The molecule has 0 heterocycles. The molecule has 17 heavy (non-hydrogen) atoms. The molecule has 0 amide bonds. The Morgan fingerprint density at radius 3 is 2.18 bits per heavy atom. The molecule has 2 heteroatoms. The van der Waals surface area contributed by atoms with Crippen LogP contribution in [0.25, 0.3) is 0 Å². The normalized spacial score (nSPS) is 16.4. The van der Waals surface area contributed by atoms with Crippen LogP contribution in [0.2, 0.25) is 0 Å². The highest BCUT2D eigenvalue weighted by atomic mass is 16.4. The molecule has 0 spiro atoms. The van der Waals surface area contributed by atoms with E-state index in [-0.39, 0.29) is 5.92 Å². The van der Waals surface area contributed by atoms with E-state index in [0.29, 0.717) is 5.92 Å². The molecule has 1 saturated carbocycles. The summed E-state index contributed by atoms with van der Waals surface area (Å²) in [5.74, 6) is -0.277. The lowest BCUT2D eigenvalue weighted by Crippen LogP contribution is -2.25. The highest BCUT2D eigenvalue weighted by Crippen LogP contribution is 2.33. The van der Waals surface area contributed by atoms with Gasteiger partial charge in [0.25, 0.3) is 0 Å². The third kappa shape index (κ3) is 4.59. The molecule has 2 nitrogen and oxygen atoms in total. The van der Waals surface area contributed by atoms with Gasteiger partial charge in [0.15, 0.2) is 0 Å². The third-order valence-electron chi connectivity index (χ3n) is 3.50. The topological polar surface area (TPSA) is 37.3 Å². The number of carbonyl (C=O) groups is 1. The summed E-state index contributed by atoms with van der Waals surface area (Å²) in [7, 11) is 0. The van der Waals surface area contributed by atoms with E-state index in [4.69, 9.17) is 5.11 Å². The van der Waals surface area contributed by atoms with E-state index < -0.39 is 5.97 Å². The van der Waals surface area contributed by atoms with Gasteiger partial charge in [-0.25, -0.2) is 0 Å². The minimum atomic E-state index is -0.639. The van der Waals surface area contributed by atoms with Gasteiger partial charge in [-0.3, -0.25) is 4.79 Å². The van der Waals surface area contributed by atoms with Crippen LogP contribution in [0.1, 0.15) is 38.7 Å². The lowest BCUT2D eigenvalue weighted by Gasteiger charge is -2.28. The highest BCUT2D eigenvalue weighted by Gasteiger charge is 2.28. The van der Waals surface area contributed by atoms with Crippen LogP contribution in [-0.4, -0.2) is 11.1 Å². The molecule has 1 fully saturated rings. The predicted molar refractivity (Wildman–Crippen MR) is 70.0 cm³/mol. The largest absolute Gasteiger partial charge is 0.481 e. The maximum atomic E-state index is 10.3. The molecule has 1 atom stereocenters. The smallest absolute Gasteiger partial charge is 0.306 e. The molecule has 0 saturated heterocycles. The number of hydrogen-bond donors (Lipinski definition) is 1. The second kappa shape index (κ2) is 7.10. The molecule has 1 unspecified atom stereocenters. The van der Waals surface area contributed by atoms with Crippen molar-refractivity contribution in [1.29, 1.82) is 0 Å². The van der Waals surface area contributed by atoms with Crippen molar-refractivity contribution < 1.29 is 9.90 Å². The third-order valence-corrected chi connectivity index (χ3v) is 3.50. The van der Waals surface area contributed by atoms with E-state index in [1.807, 2.05) is 6.07 Å². The second-order valence-electron chi connectivity index (χ2n) is 4.66. The van der Waals surface area contributed by atoms with Crippen LogP contribution < -0.4 is 0 Å². The van der Waals surface area contributed by atoms with Gasteiger partial charge in [-0.1, -0.05) is 50.6 Å². The van der Waals surface area contributed by atoms with Crippen LogP contribution in [0.4, 0.5) is 0 Å². The minimum absolute atomic E-state index is 0.112. The maximum absolute atomic E-state index is 10.3. The van der Waals surface area contributed by atoms with Gasteiger partial charge in [0.2, 0.25) is 0 Å². The van der Waals surface area contributed by atoms with Gasteiger partial charge in [-0.05, 0) is 30.7 Å². The summed E-state index contributed by atoms with van der Waals surface area (Å²) in [5, 5.41) is 8.52. The average molecular weight is 234 g/mol. The van der Waals surface area contributed by atoms with Crippen LogP contribution in [0, 0.1) is 11.8 Å². The van der Waals surface area contributed by atoms with Crippen LogP contribution in [0.15, 0.2) is 30.3 Å². The van der Waals surface area contributed by atoms with Crippen LogP contribution in [0.5, 0.6) is 0 Å². The minimum Gasteiger partial charge on any atom is -0.481 e. The fourth-order valence-corrected chi connectivity index (χ4v) is 1.86. The number of carboxylic acids is 1. The second-order valence-corrected chi connectivity index (χ2v) is 4.66. The van der Waals surface area contributed by atoms with Gasteiger partial charge in [0.1, 0.15) is 0 Å². The first-order valence-corrected chi connectivity index (χ1v) is 6.41. The number of aryl methyl sites for hydroxylation is 1. The molecular weight excluding hydrogens is 212 g/mol. The Morgan fingerprint density at radius 2 is 1.94 bits per heavy atom. The zero-order valence-electron chi connectivity index (χ0n) is 10.7. The molecule has 94 valence electrons. The summed E-state index contributed by atoms with van der Waals surface area (Å²) in [6.45, 7) is 3.96. The Morgan fingerprint density at radius 1 is 1.35 bits per heavy atom. The standard InChI is InChI=1S/C8H10.C7H12O2/c1-2-8-6-4-3-5-7-8;1-5(7(8)9)6-3-2-4-6/h3-7H,2H2,1H3;5-6H,2-4H2,1H3,(H,8,9). The average Bonchev–Trinajstić information content (AvgIpc) is 2.28. The van der Waals surface area contributed by atoms with Gasteiger partial charge in [-0.2, -0.15) is 0 Å². The highest BCUT2D eigenvalue weighted by molar-refractivity contribution is 5.69. The van der Waals surface area contributed by atoms with Crippen molar-refractivity contribution in [3.8, 4) is 0 Å². The molecule has 1 aliphatic carbocycles. The van der Waals surface area contributed by atoms with E-state index in [1.54, 1.807) is 6.92 Å². The number of hydrogen-bond acceptors (Lipinski definition) is 1. The number of carboxylic acid groups (broad SMARTS) is 1. The lowest BCUT2D eigenvalue weighted by atomic mass is 9.77. The first-order chi connectivity index (χ1) is 8.15. The summed E-state index contributed by atoms with van der Waals surface area (Å²) in [6, 6.07) is 10.5. The number of rotatable bonds is 3. The quantitative estimate of drug-likeness (QED) is 0.864. The van der Waals surface area contributed by atoms with Gasteiger partial charge >= 0.3 is 5.97 Å². The van der Waals surface area contributed by atoms with Gasteiger partial charge in [-0.15, -0.1) is 0 Å². The van der Waals surface area contributed by atoms with Crippen LogP contribution in [0.3, 0.4) is 0 Å². The molecule has 0 aromatic heterocycles. The Bertz CT molecular complexity index is 328. The Balaban J connectivity index is 0.000000171. The first-order valence-electron chi connectivity index (χ1n) is 6.41. The monoisotopic (exact) mass is 234 g/mol. The summed E-state index contributed by atoms with van der Waals surface area (Å²) < 4.78 is 0. The van der Waals surface area contributed by atoms with Crippen LogP contribution in [-0.2, 0) is 11.2 Å². The van der Waals surface area contributed by atoms with Crippen LogP contribution >= 0.6 is 0 Å². The van der Waals surface area contributed by atoms with Crippen molar-refractivity contribution in [2.75, 3.05) is 0 Å². The van der Waals surface area contributed by atoms with Crippen molar-refractivity contribution in [2.45, 2.75) is 39.5 Å². The lowest BCUT2D eigenvalue weighted by molar-refractivity contribution is -0.144. The van der Waals surface area contributed by atoms with E-state index in [1.165, 1.54) is 12.0 Å². The SMILES string of the molecule is CC(C(=O)O)C1CCC1.CCc1ccccc1. The van der Waals surface area contributed by atoms with E-state index in [0.717, 1.165) is 19.3 Å². The summed E-state index contributed by atoms with van der Waals surface area (Å²) in [4.78, 5) is 10.3. The number of benzene rings is 1. The molecule has 1 aromatic carbocycles.